The van der Waals surface area contributed by atoms with E-state index in [1.165, 1.54) is 31.5 Å². The Kier molecular flexibility index (Phi) is 8.93. The summed E-state index contributed by atoms with van der Waals surface area (Å²) in [5, 5.41) is 60.1. The first-order valence-electron chi connectivity index (χ1n) is 15.3. The number of fused-ring (bicyclic) bond motifs is 4. The van der Waals surface area contributed by atoms with Crippen LogP contribution in [0.1, 0.15) is 68.8 Å². The van der Waals surface area contributed by atoms with Crippen LogP contribution in [0.25, 0.3) is 11.0 Å². The molecule has 1 fully saturated rings. The molecule has 4 aromatic rings. The van der Waals surface area contributed by atoms with E-state index < -0.39 is 107 Å². The van der Waals surface area contributed by atoms with Crippen molar-refractivity contribution in [3.63, 3.8) is 0 Å². The van der Waals surface area contributed by atoms with Gasteiger partial charge in [-0.25, -0.2) is 4.79 Å². The Morgan fingerprint density at radius 3 is 2.50 bits per heavy atom. The van der Waals surface area contributed by atoms with Crippen molar-refractivity contribution in [2.75, 3.05) is 13.7 Å². The monoisotopic (exact) mass is 695 g/mol. The summed E-state index contributed by atoms with van der Waals surface area (Å²) < 4.78 is 17.0. The second-order valence-electron chi connectivity index (χ2n) is 12.2. The number of aliphatic hydroxyl groups excluding tert-OH is 2. The van der Waals surface area contributed by atoms with Gasteiger partial charge in [-0.2, -0.15) is 5.10 Å². The highest BCUT2D eigenvalue weighted by Crippen LogP contribution is 2.52. The lowest BCUT2D eigenvalue weighted by Crippen LogP contribution is -2.53. The standard InChI is InChI=1S/C27H29NO11.C5H4N4O2/c1-10-22(31)13(28)6-17(38-10)39-15-8-27(36,16(30)9-29)7-12-19(15)26(35)21-20(24(12)33)23(32)11-4-3-5-14(37-2)18(11)25(21)34;10-4-2-1-6-9-3(2)7-5(11)8-4/h3-5,10,13,15,17,22,29,31,33,35-36H,6-9,28H2,1-2H3;1H,(H3,6,7,8,9,10,11)/t10-,13-,15-,17-,22+,27-;/m0./s1. The van der Waals surface area contributed by atoms with Crippen LogP contribution in [0.3, 0.4) is 0 Å². The van der Waals surface area contributed by atoms with E-state index in [-0.39, 0.29) is 34.4 Å². The quantitative estimate of drug-likeness (QED) is 0.0990. The van der Waals surface area contributed by atoms with Gasteiger partial charge in [-0.3, -0.25) is 34.2 Å². The summed E-state index contributed by atoms with van der Waals surface area (Å²) in [6.07, 6.45) is -3.77. The Hall–Kier alpha value is -5.24. The third kappa shape index (κ3) is 5.66. The number of ether oxygens (including phenoxy) is 3. The number of carbonyl (C=O) groups excluding carboxylic acids is 3. The summed E-state index contributed by atoms with van der Waals surface area (Å²) in [5.74, 6) is -3.77. The molecule has 3 heterocycles. The lowest BCUT2D eigenvalue weighted by molar-refractivity contribution is -0.247. The van der Waals surface area contributed by atoms with Crippen molar-refractivity contribution in [3.8, 4) is 17.2 Å². The Morgan fingerprint density at radius 2 is 1.82 bits per heavy atom. The highest BCUT2D eigenvalue weighted by Gasteiger charge is 2.50. The van der Waals surface area contributed by atoms with Gasteiger partial charge in [0.2, 0.25) is 5.78 Å². The van der Waals surface area contributed by atoms with Crippen LogP contribution < -0.4 is 21.7 Å². The van der Waals surface area contributed by atoms with Gasteiger partial charge in [0.1, 0.15) is 40.5 Å². The van der Waals surface area contributed by atoms with E-state index in [0.717, 1.165) is 0 Å². The van der Waals surface area contributed by atoms with Crippen molar-refractivity contribution in [3.05, 3.63) is 78.6 Å². The average Bonchev–Trinajstić information content (AvgIpc) is 3.56. The largest absolute Gasteiger partial charge is 0.507 e. The maximum atomic E-state index is 13.6. The topological polar surface area (TPSA) is 300 Å². The number of nitrogens with two attached hydrogens (primary N) is 1. The van der Waals surface area contributed by atoms with Crippen LogP contribution in [0.15, 0.2) is 34.0 Å². The van der Waals surface area contributed by atoms with Crippen LogP contribution in [0.2, 0.25) is 0 Å². The van der Waals surface area contributed by atoms with Gasteiger partial charge >= 0.3 is 5.69 Å². The van der Waals surface area contributed by atoms with E-state index in [0.29, 0.717) is 11.0 Å². The van der Waals surface area contributed by atoms with Gasteiger partial charge in [0.25, 0.3) is 5.56 Å². The molecular weight excluding hydrogens is 662 g/mol. The smallest absolute Gasteiger partial charge is 0.327 e. The highest BCUT2D eigenvalue weighted by atomic mass is 16.7. The van der Waals surface area contributed by atoms with Crippen LogP contribution in [-0.4, -0.2) is 107 Å². The molecule has 264 valence electrons. The predicted octanol–water partition coefficient (Wildman–Crippen LogP) is -1.06. The number of benzene rings is 2. The molecule has 3 aliphatic rings. The lowest BCUT2D eigenvalue weighted by atomic mass is 9.72. The lowest BCUT2D eigenvalue weighted by Gasteiger charge is -2.42. The number of nitrogens with one attached hydrogen (secondary N) is 3. The number of nitrogens with zero attached hydrogens (tertiary/aromatic N) is 1. The molecule has 0 amide bonds. The van der Waals surface area contributed by atoms with Crippen molar-refractivity contribution >= 4 is 28.4 Å². The Balaban J connectivity index is 0.000000331. The average molecular weight is 696 g/mol. The van der Waals surface area contributed by atoms with Crippen molar-refractivity contribution < 1.29 is 54.1 Å². The molecular formula is C32H33N5O13. The van der Waals surface area contributed by atoms with Crippen LogP contribution in [0, 0.1) is 0 Å². The van der Waals surface area contributed by atoms with E-state index in [1.807, 2.05) is 0 Å². The van der Waals surface area contributed by atoms with Gasteiger partial charge in [-0.05, 0) is 13.0 Å². The van der Waals surface area contributed by atoms with E-state index in [2.05, 4.69) is 20.2 Å². The number of phenolic OH excluding ortho intramolecular Hbond substituents is 2. The second kappa shape index (κ2) is 12.9. The molecule has 0 radical (unpaired) electrons. The first-order chi connectivity index (χ1) is 23.7. The number of aromatic amines is 3. The second-order valence-corrected chi connectivity index (χ2v) is 12.2. The normalized spacial score (nSPS) is 25.6. The Labute approximate surface area is 280 Å². The number of phenols is 2. The first kappa shape index (κ1) is 34.6. The third-order valence-corrected chi connectivity index (χ3v) is 9.15. The number of hydrogen-bond acceptors (Lipinski definition) is 15. The van der Waals surface area contributed by atoms with Crippen LogP contribution in [0.4, 0.5) is 0 Å². The Bertz CT molecular complexity index is 2140. The highest BCUT2D eigenvalue weighted by molar-refractivity contribution is 6.31. The van der Waals surface area contributed by atoms with Gasteiger partial charge < -0.3 is 45.5 Å². The summed E-state index contributed by atoms with van der Waals surface area (Å²) in [4.78, 5) is 65.8. The number of Topliss-reactive ketones (excluding diaryl/α,β-unsaturated/α-hetero) is 1. The SMILES string of the molecule is COc1cccc2c1C(=O)c1c(O)c3c(c(O)c1C2=O)C[C@@](O)(C(=O)CO)C[C@@H]3O[C@H]1C[C@H](N)[C@H](O)[C@H](C)O1.O=c1[nH]c(=O)c2cn[nH]c2[nH]1. The minimum Gasteiger partial charge on any atom is -0.507 e. The van der Waals surface area contributed by atoms with Crippen molar-refractivity contribution in [2.45, 2.75) is 62.4 Å². The number of methoxy groups -OCH3 is 1. The fourth-order valence-electron chi connectivity index (χ4n) is 6.62. The molecule has 7 rings (SSSR count). The van der Waals surface area contributed by atoms with Gasteiger partial charge in [0.05, 0.1) is 48.3 Å². The minimum atomic E-state index is -2.24. The number of H-pyrrole nitrogens is 3. The van der Waals surface area contributed by atoms with Crippen LogP contribution >= 0.6 is 0 Å². The summed E-state index contributed by atoms with van der Waals surface area (Å²) in [5.41, 5.74) is 1.75. The molecule has 2 aromatic heterocycles. The number of carbonyl (C=O) groups is 3. The van der Waals surface area contributed by atoms with Crippen molar-refractivity contribution in [1.29, 1.82) is 0 Å². The Morgan fingerprint density at radius 1 is 1.10 bits per heavy atom. The number of aromatic hydroxyl groups is 2. The molecule has 2 aliphatic carbocycles. The van der Waals surface area contributed by atoms with Crippen LogP contribution in [0.5, 0.6) is 17.2 Å². The summed E-state index contributed by atoms with van der Waals surface area (Å²) in [7, 11) is 1.32. The molecule has 0 saturated carbocycles. The van der Waals surface area contributed by atoms with Gasteiger partial charge in [-0.1, -0.05) is 12.1 Å². The number of hydrogen-bond donors (Lipinski definition) is 9. The predicted molar refractivity (Wildman–Crippen MR) is 169 cm³/mol. The van der Waals surface area contributed by atoms with Gasteiger partial charge in [-0.15, -0.1) is 0 Å². The van der Waals surface area contributed by atoms with Crippen molar-refractivity contribution in [2.24, 2.45) is 5.73 Å². The van der Waals surface area contributed by atoms with E-state index in [4.69, 9.17) is 19.9 Å². The molecule has 0 unspecified atom stereocenters. The molecule has 18 heteroatoms. The number of aromatic nitrogens is 4. The number of rotatable bonds is 5. The molecule has 50 heavy (non-hydrogen) atoms. The maximum absolute atomic E-state index is 13.6. The summed E-state index contributed by atoms with van der Waals surface area (Å²) >= 11 is 0. The molecule has 1 aliphatic heterocycles. The zero-order valence-electron chi connectivity index (χ0n) is 26.6. The first-order valence-corrected chi connectivity index (χ1v) is 15.3. The molecule has 1 saturated heterocycles. The van der Waals surface area contributed by atoms with E-state index in [9.17, 15) is 49.5 Å². The molecule has 0 bridgehead atoms. The fraction of sp³-hybridized carbons (Fsp3) is 0.375. The van der Waals surface area contributed by atoms with E-state index >= 15 is 0 Å². The zero-order chi connectivity index (χ0) is 36.2. The van der Waals surface area contributed by atoms with Gasteiger partial charge in [0, 0.05) is 42.0 Å². The summed E-state index contributed by atoms with van der Waals surface area (Å²) in [6.45, 7) is 0.560. The number of ketones is 3. The molecule has 18 nitrogen and oxygen atoms in total. The third-order valence-electron chi connectivity index (χ3n) is 9.15. The van der Waals surface area contributed by atoms with Crippen LogP contribution in [-0.2, 0) is 20.7 Å². The van der Waals surface area contributed by atoms with Gasteiger partial charge in [0.15, 0.2) is 17.9 Å². The molecule has 2 aromatic carbocycles. The van der Waals surface area contributed by atoms with Crippen molar-refractivity contribution in [1.82, 2.24) is 20.2 Å². The fourth-order valence-corrected chi connectivity index (χ4v) is 6.62. The zero-order valence-corrected chi connectivity index (χ0v) is 26.6. The maximum Gasteiger partial charge on any atom is 0.327 e. The molecule has 6 atom stereocenters. The molecule has 10 N–H and O–H groups in total. The molecule has 0 spiro atoms. The van der Waals surface area contributed by atoms with E-state index in [1.54, 1.807) is 6.92 Å². The minimum absolute atomic E-state index is 0.0173. The number of aliphatic hydroxyl groups is 3. The summed E-state index contributed by atoms with van der Waals surface area (Å²) in [6, 6.07) is 3.64.